The van der Waals surface area contributed by atoms with Crippen LogP contribution in [0.2, 0.25) is 0 Å². The van der Waals surface area contributed by atoms with Crippen LogP contribution in [0.3, 0.4) is 0 Å². The molecular formula is C64H43N. The molecule has 0 amide bonds. The van der Waals surface area contributed by atoms with Crippen molar-refractivity contribution in [1.82, 2.24) is 0 Å². The van der Waals surface area contributed by atoms with Gasteiger partial charge in [0.05, 0.1) is 11.0 Å². The van der Waals surface area contributed by atoms with Crippen molar-refractivity contribution >= 4 is 60.2 Å². The number of nitrogens with zero attached hydrogens (tertiary/aromatic N) is 1. The smallest absolute Gasteiger partial charge is 0.0645 e. The van der Waals surface area contributed by atoms with E-state index in [1.807, 2.05) is 127 Å². The van der Waals surface area contributed by atoms with Crippen LogP contribution >= 0.6 is 0 Å². The first-order chi connectivity index (χ1) is 35.6. The Hall–Kier alpha value is -8.52. The average molecular weight is 834 g/mol. The standard InChI is InChI=1S/C64H43N/c1-2-13-48(14-3-1)60-41-34-49-15-6-9-19-59(49)64(60)51-32-39-57(40-33-51)65(56-37-30-50(31-38-56)63-43-54-17-7-8-18-58(54)61-20-10-11-21-62(61)63)55-35-28-46(29-36-55)45-22-24-47(25-23-45)53-27-26-44-12-4-5-16-52(44)42-53/h1-43H/i28D,29D,32D,33D,35D,36D,39D,40D. The molecule has 0 unspecified atom stereocenters. The fourth-order valence-corrected chi connectivity index (χ4v) is 9.16. The maximum absolute atomic E-state index is 9.89. The van der Waals surface area contributed by atoms with Crippen LogP contribution in [0.4, 0.5) is 17.1 Å². The second-order valence-corrected chi connectivity index (χ2v) is 16.2. The molecule has 0 aliphatic carbocycles. The molecule has 0 aliphatic heterocycles. The monoisotopic (exact) mass is 833 g/mol. The minimum absolute atomic E-state index is 0.0987. The third-order valence-electron chi connectivity index (χ3n) is 12.4. The summed E-state index contributed by atoms with van der Waals surface area (Å²) in [6, 6.07) is 66.2. The molecule has 0 heterocycles. The van der Waals surface area contributed by atoms with Crippen LogP contribution in [0.5, 0.6) is 0 Å². The maximum Gasteiger partial charge on any atom is 0.0645 e. The van der Waals surface area contributed by atoms with Gasteiger partial charge in [0.25, 0.3) is 0 Å². The van der Waals surface area contributed by atoms with Gasteiger partial charge in [0.2, 0.25) is 0 Å². The molecule has 0 fully saturated rings. The summed E-state index contributed by atoms with van der Waals surface area (Å²) in [5.41, 5.74) is 6.50. The Morgan fingerprint density at radius 3 is 1.45 bits per heavy atom. The minimum atomic E-state index is -0.405. The van der Waals surface area contributed by atoms with Crippen molar-refractivity contribution in [1.29, 1.82) is 0 Å². The Morgan fingerprint density at radius 2 is 0.738 bits per heavy atom. The molecule has 0 saturated carbocycles. The highest BCUT2D eigenvalue weighted by atomic mass is 15.1. The van der Waals surface area contributed by atoms with Crippen LogP contribution in [-0.2, 0) is 0 Å². The highest BCUT2D eigenvalue weighted by Crippen LogP contribution is 2.43. The summed E-state index contributed by atoms with van der Waals surface area (Å²) in [5, 5.41) is 8.19. The van der Waals surface area contributed by atoms with Crippen LogP contribution in [-0.4, -0.2) is 0 Å². The van der Waals surface area contributed by atoms with Gasteiger partial charge in [0, 0.05) is 17.1 Å². The molecule has 0 bridgehead atoms. The lowest BCUT2D eigenvalue weighted by molar-refractivity contribution is 1.28. The van der Waals surface area contributed by atoms with Gasteiger partial charge in [-0.15, -0.1) is 0 Å². The van der Waals surface area contributed by atoms with E-state index in [2.05, 4.69) is 60.7 Å². The maximum atomic E-state index is 9.89. The highest BCUT2D eigenvalue weighted by molar-refractivity contribution is 6.14. The van der Waals surface area contributed by atoms with Crippen molar-refractivity contribution in [2.24, 2.45) is 0 Å². The lowest BCUT2D eigenvalue weighted by Gasteiger charge is -2.26. The molecule has 0 aromatic heterocycles. The van der Waals surface area contributed by atoms with E-state index >= 15 is 0 Å². The fraction of sp³-hybridized carbons (Fsp3) is 0. The fourth-order valence-electron chi connectivity index (χ4n) is 9.16. The molecule has 0 aliphatic rings. The molecule has 1 nitrogen and oxygen atoms in total. The van der Waals surface area contributed by atoms with Gasteiger partial charge in [0.15, 0.2) is 0 Å². The Kier molecular flexibility index (Phi) is 7.66. The number of hydrogen-bond donors (Lipinski definition) is 0. The van der Waals surface area contributed by atoms with Crippen LogP contribution in [0.15, 0.2) is 261 Å². The number of anilines is 3. The molecule has 304 valence electrons. The van der Waals surface area contributed by atoms with Gasteiger partial charge in [-0.2, -0.15) is 0 Å². The van der Waals surface area contributed by atoms with Crippen LogP contribution in [0, 0.1) is 0 Å². The van der Waals surface area contributed by atoms with Crippen molar-refractivity contribution in [3.8, 4) is 55.6 Å². The van der Waals surface area contributed by atoms with E-state index < -0.39 is 24.2 Å². The molecule has 0 saturated heterocycles. The zero-order valence-corrected chi connectivity index (χ0v) is 35.2. The van der Waals surface area contributed by atoms with Crippen LogP contribution < -0.4 is 4.90 Å². The molecule has 0 N–H and O–H groups in total. The second-order valence-electron chi connectivity index (χ2n) is 16.2. The third kappa shape index (κ3) is 7.10. The Labute approximate surface area is 391 Å². The first-order valence-corrected chi connectivity index (χ1v) is 21.8. The summed E-state index contributed by atoms with van der Waals surface area (Å²) in [6.07, 6.45) is 0. The van der Waals surface area contributed by atoms with Gasteiger partial charge >= 0.3 is 0 Å². The molecule has 12 aromatic carbocycles. The summed E-state index contributed by atoms with van der Waals surface area (Å²) in [7, 11) is 0. The lowest BCUT2D eigenvalue weighted by atomic mass is 9.89. The lowest BCUT2D eigenvalue weighted by Crippen LogP contribution is -2.09. The Morgan fingerprint density at radius 1 is 0.246 bits per heavy atom. The summed E-state index contributed by atoms with van der Waals surface area (Å²) < 4.78 is 78.0. The molecule has 0 atom stereocenters. The first-order valence-electron chi connectivity index (χ1n) is 25.8. The number of hydrogen-bond acceptors (Lipinski definition) is 1. The van der Waals surface area contributed by atoms with E-state index in [0.717, 1.165) is 76.5 Å². The van der Waals surface area contributed by atoms with E-state index in [0.29, 0.717) is 16.8 Å². The molecular weight excluding hydrogens is 783 g/mol. The number of fused-ring (bicyclic) bond motifs is 5. The van der Waals surface area contributed by atoms with Crippen molar-refractivity contribution in [2.45, 2.75) is 0 Å². The Bertz CT molecular complexity index is 4120. The summed E-state index contributed by atoms with van der Waals surface area (Å²) >= 11 is 0. The van der Waals surface area contributed by atoms with Crippen molar-refractivity contribution in [2.75, 3.05) is 4.90 Å². The van der Waals surface area contributed by atoms with Crippen molar-refractivity contribution in [3.05, 3.63) is 261 Å². The van der Waals surface area contributed by atoms with Gasteiger partial charge in [-0.05, 0) is 147 Å². The number of benzene rings is 12. The summed E-state index contributed by atoms with van der Waals surface area (Å²) in [6.45, 7) is 0. The quantitative estimate of drug-likeness (QED) is 0.138. The minimum Gasteiger partial charge on any atom is -0.311 e. The van der Waals surface area contributed by atoms with Gasteiger partial charge in [0.1, 0.15) is 0 Å². The predicted molar refractivity (Wildman–Crippen MR) is 278 cm³/mol. The van der Waals surface area contributed by atoms with Gasteiger partial charge in [-0.1, -0.05) is 212 Å². The van der Waals surface area contributed by atoms with E-state index in [4.69, 9.17) is 0 Å². The second kappa shape index (κ2) is 16.3. The zero-order valence-electron chi connectivity index (χ0n) is 43.2. The first kappa shape index (κ1) is 30.5. The van der Waals surface area contributed by atoms with Crippen LogP contribution in [0.25, 0.3) is 98.7 Å². The predicted octanol–water partition coefficient (Wildman–Crippen LogP) is 18.1. The van der Waals surface area contributed by atoms with E-state index in [1.165, 1.54) is 4.90 Å². The molecule has 12 rings (SSSR count). The van der Waals surface area contributed by atoms with Crippen LogP contribution in [0.1, 0.15) is 11.0 Å². The largest absolute Gasteiger partial charge is 0.311 e. The third-order valence-corrected chi connectivity index (χ3v) is 12.4. The van der Waals surface area contributed by atoms with Gasteiger partial charge < -0.3 is 4.90 Å². The molecule has 0 radical (unpaired) electrons. The average Bonchev–Trinajstić information content (AvgIpc) is 3.44. The van der Waals surface area contributed by atoms with Gasteiger partial charge in [-0.3, -0.25) is 0 Å². The zero-order chi connectivity index (χ0) is 50.1. The normalized spacial score (nSPS) is 13.1. The summed E-state index contributed by atoms with van der Waals surface area (Å²) in [5.74, 6) is 0. The molecule has 0 spiro atoms. The molecule has 12 aromatic rings. The number of rotatable bonds is 8. The van der Waals surface area contributed by atoms with E-state index in [9.17, 15) is 11.0 Å². The Balaban J connectivity index is 1.05. The topological polar surface area (TPSA) is 3.24 Å². The summed E-state index contributed by atoms with van der Waals surface area (Å²) in [4.78, 5) is 1.38. The SMILES string of the molecule is [2H]c1c([2H])c(N(c2ccc(-c3cc4ccccc4c4ccccc34)cc2)c2c([2H])c([2H])c(-c3c(-c4ccccc4)ccc4ccccc34)c([2H])c2[2H])c([2H])c([2H])c1-c1ccc(-c2ccc3ccccc3c2)cc1. The van der Waals surface area contributed by atoms with Crippen molar-refractivity contribution < 1.29 is 11.0 Å². The van der Waals surface area contributed by atoms with E-state index in [-0.39, 0.29) is 46.7 Å². The van der Waals surface area contributed by atoms with Crippen molar-refractivity contribution in [3.63, 3.8) is 0 Å². The molecule has 65 heavy (non-hydrogen) atoms. The molecule has 1 heteroatoms. The highest BCUT2D eigenvalue weighted by Gasteiger charge is 2.17. The van der Waals surface area contributed by atoms with E-state index in [1.54, 1.807) is 24.3 Å². The van der Waals surface area contributed by atoms with Gasteiger partial charge in [-0.25, -0.2) is 0 Å².